The number of carbonyl (C=O) groups excluding carboxylic acids is 1. The van der Waals surface area contributed by atoms with Crippen molar-refractivity contribution in [2.45, 2.75) is 25.3 Å². The summed E-state index contributed by atoms with van der Waals surface area (Å²) in [6, 6.07) is 17.2. The number of halogens is 2. The van der Waals surface area contributed by atoms with Gasteiger partial charge in [-0.15, -0.1) is 0 Å². The molecule has 2 fully saturated rings. The second-order valence-corrected chi connectivity index (χ2v) is 7.19. The molecular weight excluding hydrogens is 355 g/mol. The van der Waals surface area contributed by atoms with Crippen molar-refractivity contribution in [3.8, 4) is 0 Å². The highest BCUT2D eigenvalue weighted by atomic mass is 35.5. The minimum atomic E-state index is 0.137. The van der Waals surface area contributed by atoms with Gasteiger partial charge >= 0.3 is 0 Å². The van der Waals surface area contributed by atoms with Crippen molar-refractivity contribution >= 4 is 34.8 Å². The number of carbonyl (C=O) groups is 1. The van der Waals surface area contributed by atoms with E-state index in [2.05, 4.69) is 4.90 Å². The molecule has 1 unspecified atom stereocenters. The Morgan fingerprint density at radius 2 is 1.48 bits per heavy atom. The molecule has 0 aromatic heterocycles. The first-order valence-electron chi connectivity index (χ1n) is 8.67. The first kappa shape index (κ1) is 18.2. The van der Waals surface area contributed by atoms with Crippen LogP contribution in [0, 0.1) is 0 Å². The molecule has 132 valence electrons. The lowest BCUT2D eigenvalue weighted by Crippen LogP contribution is -2.40. The summed E-state index contributed by atoms with van der Waals surface area (Å²) in [5.74, 6) is 0.290. The zero-order chi connectivity index (χ0) is 17.6. The first-order chi connectivity index (χ1) is 12.1. The van der Waals surface area contributed by atoms with Crippen molar-refractivity contribution in [3.63, 3.8) is 0 Å². The number of amides is 1. The zero-order valence-electron chi connectivity index (χ0n) is 14.1. The summed E-state index contributed by atoms with van der Waals surface area (Å²) in [5.41, 5.74) is 1.04. The number of rotatable bonds is 2. The summed E-state index contributed by atoms with van der Waals surface area (Å²) in [6.45, 7) is 3.06. The van der Waals surface area contributed by atoms with Crippen LogP contribution in [-0.4, -0.2) is 36.5 Å². The summed E-state index contributed by atoms with van der Waals surface area (Å²) < 4.78 is 0. The van der Waals surface area contributed by atoms with E-state index in [1.807, 2.05) is 41.3 Å². The topological polar surface area (TPSA) is 23.6 Å². The van der Waals surface area contributed by atoms with Gasteiger partial charge < -0.3 is 4.90 Å². The van der Waals surface area contributed by atoms with E-state index >= 15 is 0 Å². The molecule has 1 atom stereocenters. The minimum absolute atomic E-state index is 0.137. The fourth-order valence-electron chi connectivity index (χ4n) is 3.38. The smallest absolute Gasteiger partial charge is 0.244 e. The summed E-state index contributed by atoms with van der Waals surface area (Å²) in [6.07, 6.45) is 3.47. The Morgan fingerprint density at radius 1 is 0.840 bits per heavy atom. The molecule has 2 aromatic carbocycles. The fourth-order valence-corrected chi connectivity index (χ4v) is 3.82. The number of hydrogen-bond donors (Lipinski definition) is 0. The first-order valence-corrected chi connectivity index (χ1v) is 9.42. The number of para-hydroxylation sites is 1. The molecule has 1 amide bonds. The van der Waals surface area contributed by atoms with Gasteiger partial charge in [0, 0.05) is 22.3 Å². The van der Waals surface area contributed by atoms with Crippen LogP contribution >= 0.6 is 23.2 Å². The number of anilines is 1. The van der Waals surface area contributed by atoms with Gasteiger partial charge in [0.1, 0.15) is 0 Å². The maximum Gasteiger partial charge on any atom is 0.244 e. The Labute approximate surface area is 159 Å². The maximum absolute atomic E-state index is 12.4. The predicted octanol–water partition coefficient (Wildman–Crippen LogP) is 4.88. The number of benzene rings is 2. The summed E-state index contributed by atoms with van der Waals surface area (Å²) >= 11 is 11.1. The Hall–Kier alpha value is -1.55. The Bertz CT molecular complexity index is 685. The third kappa shape index (κ3) is 4.75. The molecule has 5 heteroatoms. The lowest BCUT2D eigenvalue weighted by atomic mass is 10.2. The second-order valence-electron chi connectivity index (χ2n) is 6.31. The van der Waals surface area contributed by atoms with Gasteiger partial charge in [-0.2, -0.15) is 0 Å². The highest BCUT2D eigenvalue weighted by Gasteiger charge is 2.37. The van der Waals surface area contributed by atoms with Gasteiger partial charge in [-0.05, 0) is 62.7 Å². The van der Waals surface area contributed by atoms with Crippen LogP contribution in [0.4, 0.5) is 5.69 Å². The van der Waals surface area contributed by atoms with Crippen molar-refractivity contribution in [1.82, 2.24) is 4.90 Å². The van der Waals surface area contributed by atoms with Gasteiger partial charge in [0.15, 0.2) is 0 Å². The standard InChI is InChI=1S/C14H18N2O.C6H4Cl2/c17-14-13(15-9-4-5-10-15)8-11-16(14)12-6-2-1-3-7-12;7-5-2-1-3-6(8)4-5/h1-3,6-7,13H,4-5,8-11H2;1-4H. The Kier molecular flexibility index (Phi) is 6.35. The normalized spacial score (nSPS) is 20.5. The minimum Gasteiger partial charge on any atom is -0.311 e. The molecule has 2 heterocycles. The van der Waals surface area contributed by atoms with Gasteiger partial charge in [0.25, 0.3) is 0 Å². The lowest BCUT2D eigenvalue weighted by molar-refractivity contribution is -0.121. The van der Waals surface area contributed by atoms with Crippen LogP contribution in [0.25, 0.3) is 0 Å². The third-order valence-electron chi connectivity index (χ3n) is 4.61. The van der Waals surface area contributed by atoms with Crippen LogP contribution in [0.2, 0.25) is 10.0 Å². The van der Waals surface area contributed by atoms with E-state index in [9.17, 15) is 4.79 Å². The molecule has 0 aliphatic carbocycles. The number of hydrogen-bond acceptors (Lipinski definition) is 2. The number of likely N-dealkylation sites (tertiary alicyclic amines) is 1. The van der Waals surface area contributed by atoms with E-state index in [-0.39, 0.29) is 11.9 Å². The zero-order valence-corrected chi connectivity index (χ0v) is 15.6. The van der Waals surface area contributed by atoms with Crippen LogP contribution in [0.5, 0.6) is 0 Å². The van der Waals surface area contributed by atoms with Crippen molar-refractivity contribution in [2.75, 3.05) is 24.5 Å². The average molecular weight is 377 g/mol. The second kappa shape index (κ2) is 8.70. The SMILES string of the molecule is Clc1cccc(Cl)c1.O=C1C(N2CCCC2)CCN1c1ccccc1. The molecule has 2 aliphatic rings. The van der Waals surface area contributed by atoms with E-state index in [1.54, 1.807) is 18.2 Å². The van der Waals surface area contributed by atoms with Gasteiger partial charge in [-0.25, -0.2) is 0 Å². The quantitative estimate of drug-likeness (QED) is 0.745. The van der Waals surface area contributed by atoms with Gasteiger partial charge in [-0.1, -0.05) is 47.5 Å². The lowest BCUT2D eigenvalue weighted by Gasteiger charge is -2.22. The third-order valence-corrected chi connectivity index (χ3v) is 5.08. The monoisotopic (exact) mass is 376 g/mol. The van der Waals surface area contributed by atoms with Crippen molar-refractivity contribution in [1.29, 1.82) is 0 Å². The predicted molar refractivity (Wildman–Crippen MR) is 104 cm³/mol. The molecule has 0 spiro atoms. The van der Waals surface area contributed by atoms with Crippen LogP contribution in [0.1, 0.15) is 19.3 Å². The van der Waals surface area contributed by atoms with Crippen LogP contribution in [-0.2, 0) is 4.79 Å². The van der Waals surface area contributed by atoms with Gasteiger partial charge in [0.2, 0.25) is 5.91 Å². The maximum atomic E-state index is 12.4. The fraction of sp³-hybridized carbons (Fsp3) is 0.350. The molecule has 0 bridgehead atoms. The van der Waals surface area contributed by atoms with Crippen LogP contribution in [0.15, 0.2) is 54.6 Å². The van der Waals surface area contributed by atoms with Crippen LogP contribution < -0.4 is 4.90 Å². The van der Waals surface area contributed by atoms with Crippen LogP contribution in [0.3, 0.4) is 0 Å². The van der Waals surface area contributed by atoms with E-state index < -0.39 is 0 Å². The Morgan fingerprint density at radius 3 is 2.04 bits per heavy atom. The van der Waals surface area contributed by atoms with Crippen molar-refractivity contribution in [2.24, 2.45) is 0 Å². The molecule has 0 radical (unpaired) electrons. The largest absolute Gasteiger partial charge is 0.311 e. The van der Waals surface area contributed by atoms with Gasteiger partial charge in [-0.3, -0.25) is 9.69 Å². The molecule has 2 aliphatic heterocycles. The molecule has 3 nitrogen and oxygen atoms in total. The molecule has 2 aromatic rings. The summed E-state index contributed by atoms with van der Waals surface area (Å²) in [4.78, 5) is 16.7. The highest BCUT2D eigenvalue weighted by molar-refractivity contribution is 6.34. The Balaban J connectivity index is 0.000000192. The highest BCUT2D eigenvalue weighted by Crippen LogP contribution is 2.26. The van der Waals surface area contributed by atoms with E-state index in [1.165, 1.54) is 12.8 Å². The van der Waals surface area contributed by atoms with Crippen molar-refractivity contribution in [3.05, 3.63) is 64.6 Å². The molecule has 25 heavy (non-hydrogen) atoms. The molecule has 4 rings (SSSR count). The molecule has 2 saturated heterocycles. The van der Waals surface area contributed by atoms with Gasteiger partial charge in [0.05, 0.1) is 6.04 Å². The van der Waals surface area contributed by atoms with E-state index in [4.69, 9.17) is 23.2 Å². The van der Waals surface area contributed by atoms with E-state index in [0.29, 0.717) is 10.0 Å². The average Bonchev–Trinajstić information content (AvgIpc) is 3.25. The van der Waals surface area contributed by atoms with Crippen molar-refractivity contribution < 1.29 is 4.79 Å². The summed E-state index contributed by atoms with van der Waals surface area (Å²) in [5, 5.41) is 1.36. The molecule has 0 N–H and O–H groups in total. The molecule has 0 saturated carbocycles. The summed E-state index contributed by atoms with van der Waals surface area (Å²) in [7, 11) is 0. The number of nitrogens with zero attached hydrogens (tertiary/aromatic N) is 2. The van der Waals surface area contributed by atoms with E-state index in [0.717, 1.165) is 31.7 Å². The molecular formula is C20H22Cl2N2O.